The van der Waals surface area contributed by atoms with Gasteiger partial charge in [0.25, 0.3) is 10.0 Å². The maximum absolute atomic E-state index is 13.0. The summed E-state index contributed by atoms with van der Waals surface area (Å²) in [5.41, 5.74) is 1.28. The minimum Gasteiger partial charge on any atom is -0.236 e. The minimum absolute atomic E-state index is 0.0756. The molecule has 0 atom stereocenters. The van der Waals surface area contributed by atoms with Crippen LogP contribution in [0.2, 0.25) is 5.02 Å². The first kappa shape index (κ1) is 19.2. The third-order valence-electron chi connectivity index (χ3n) is 3.76. The molecule has 138 valence electrons. The lowest BCUT2D eigenvalue weighted by molar-refractivity contribution is 0.588. The molecule has 0 amide bonds. The van der Waals surface area contributed by atoms with Gasteiger partial charge in [0.1, 0.15) is 16.1 Å². The summed E-state index contributed by atoms with van der Waals surface area (Å²) in [7, 11) is -6.78. The molecule has 1 N–H and O–H groups in total. The molecule has 7 nitrogen and oxygen atoms in total. The van der Waals surface area contributed by atoms with Gasteiger partial charge in [0.2, 0.25) is 10.0 Å². The van der Waals surface area contributed by atoms with Gasteiger partial charge in [-0.2, -0.15) is 12.6 Å². The highest BCUT2D eigenvalue weighted by Gasteiger charge is 2.33. The lowest BCUT2D eigenvalue weighted by atomic mass is 10.2. The molecule has 2 aromatic rings. The van der Waals surface area contributed by atoms with Gasteiger partial charge in [0.15, 0.2) is 0 Å². The van der Waals surface area contributed by atoms with E-state index in [1.54, 1.807) is 18.2 Å². The SMILES string of the molecule is CNS(=O)(=O)c1cc2c(cc1Cl)N=CN(c1cccc(CS)c1)S2(=O)=O. The van der Waals surface area contributed by atoms with Crippen molar-refractivity contribution in [2.24, 2.45) is 4.99 Å². The first-order valence-corrected chi connectivity index (χ1v) is 11.2. The van der Waals surface area contributed by atoms with Crippen molar-refractivity contribution in [2.45, 2.75) is 15.5 Å². The number of thiol groups is 1. The van der Waals surface area contributed by atoms with Crippen LogP contribution >= 0.6 is 24.2 Å². The Kier molecular flexibility index (Phi) is 5.06. The van der Waals surface area contributed by atoms with Gasteiger partial charge in [0.05, 0.1) is 16.4 Å². The molecule has 2 aromatic carbocycles. The van der Waals surface area contributed by atoms with Gasteiger partial charge >= 0.3 is 0 Å². The summed E-state index contributed by atoms with van der Waals surface area (Å²) in [6.45, 7) is 0. The van der Waals surface area contributed by atoms with Gasteiger partial charge in [-0.05, 0) is 36.9 Å². The number of anilines is 1. The molecule has 1 heterocycles. The zero-order valence-corrected chi connectivity index (χ0v) is 16.7. The molecular formula is C15H14ClN3O4S3. The van der Waals surface area contributed by atoms with E-state index >= 15 is 0 Å². The second kappa shape index (κ2) is 6.86. The van der Waals surface area contributed by atoms with Gasteiger partial charge in [-0.3, -0.25) is 0 Å². The van der Waals surface area contributed by atoms with Crippen molar-refractivity contribution < 1.29 is 16.8 Å². The third kappa shape index (κ3) is 3.23. The average Bonchev–Trinajstić information content (AvgIpc) is 2.61. The van der Waals surface area contributed by atoms with Gasteiger partial charge < -0.3 is 0 Å². The van der Waals surface area contributed by atoms with E-state index in [9.17, 15) is 16.8 Å². The van der Waals surface area contributed by atoms with Crippen LogP contribution in [0.15, 0.2) is 51.2 Å². The van der Waals surface area contributed by atoms with Crippen LogP contribution in [0.3, 0.4) is 0 Å². The van der Waals surface area contributed by atoms with Gasteiger partial charge in [-0.25, -0.2) is 30.9 Å². The van der Waals surface area contributed by atoms with Crippen molar-refractivity contribution >= 4 is 62.0 Å². The van der Waals surface area contributed by atoms with Crippen molar-refractivity contribution in [1.82, 2.24) is 4.72 Å². The van der Waals surface area contributed by atoms with Crippen LogP contribution in [0.4, 0.5) is 11.4 Å². The number of hydrogen-bond acceptors (Lipinski definition) is 6. The molecule has 0 saturated carbocycles. The molecule has 0 fully saturated rings. The molecule has 0 saturated heterocycles. The molecule has 0 bridgehead atoms. The second-order valence-corrected chi connectivity index (χ2v) is 9.69. The molecule has 0 spiro atoms. The molecule has 11 heteroatoms. The Balaban J connectivity index is 2.20. The Morgan fingerprint density at radius 2 is 2.00 bits per heavy atom. The standard InChI is InChI=1S/C15H14ClN3O4S3/c1-17-25(20,21)14-7-15-13(6-12(14)16)18-9-19(26(15,22)23)11-4-2-3-10(5-11)8-24/h2-7,9,17,24H,8H2,1H3. The number of fused-ring (bicyclic) bond motifs is 1. The topological polar surface area (TPSA) is 95.9 Å². The first-order valence-electron chi connectivity index (χ1n) is 7.26. The lowest BCUT2D eigenvalue weighted by Crippen LogP contribution is -2.32. The van der Waals surface area contributed by atoms with Crippen molar-refractivity contribution in [3.8, 4) is 0 Å². The normalized spacial score (nSPS) is 15.7. The highest BCUT2D eigenvalue weighted by molar-refractivity contribution is 7.94. The third-order valence-corrected chi connectivity index (χ3v) is 7.71. The Bertz CT molecular complexity index is 1110. The van der Waals surface area contributed by atoms with E-state index in [2.05, 4.69) is 22.3 Å². The number of hydrogen-bond donors (Lipinski definition) is 2. The Morgan fingerprint density at radius 1 is 1.27 bits per heavy atom. The van der Waals surface area contributed by atoms with Crippen molar-refractivity contribution in [3.05, 3.63) is 47.0 Å². The molecular weight excluding hydrogens is 418 g/mol. The zero-order valence-electron chi connectivity index (χ0n) is 13.4. The molecule has 1 aliphatic heterocycles. The average molecular weight is 432 g/mol. The van der Waals surface area contributed by atoms with Crippen LogP contribution in [-0.4, -0.2) is 30.2 Å². The Hall–Kier alpha value is -1.59. The van der Waals surface area contributed by atoms with Crippen LogP contribution in [0.5, 0.6) is 0 Å². The monoisotopic (exact) mass is 431 g/mol. The summed E-state index contributed by atoms with van der Waals surface area (Å²) in [6, 6.07) is 9.04. The number of sulfonamides is 2. The summed E-state index contributed by atoms with van der Waals surface area (Å²) in [6.07, 6.45) is 1.16. The number of benzene rings is 2. The van der Waals surface area contributed by atoms with E-state index in [0.29, 0.717) is 11.4 Å². The smallest absolute Gasteiger partial charge is 0.236 e. The van der Waals surface area contributed by atoms with Crippen molar-refractivity contribution in [1.29, 1.82) is 0 Å². The van der Waals surface area contributed by atoms with E-state index in [1.165, 1.54) is 13.1 Å². The Morgan fingerprint density at radius 3 is 2.65 bits per heavy atom. The van der Waals surface area contributed by atoms with Crippen LogP contribution < -0.4 is 9.03 Å². The molecule has 1 aliphatic rings. The van der Waals surface area contributed by atoms with Crippen LogP contribution in [0.25, 0.3) is 0 Å². The summed E-state index contributed by atoms with van der Waals surface area (Å²) in [5.74, 6) is 0.440. The molecule has 0 radical (unpaired) electrons. The van der Waals surface area contributed by atoms with E-state index in [1.807, 2.05) is 6.07 Å². The summed E-state index contributed by atoms with van der Waals surface area (Å²) in [5, 5.41) is -0.115. The van der Waals surface area contributed by atoms with Gasteiger partial charge in [-0.1, -0.05) is 23.7 Å². The minimum atomic E-state index is -4.06. The summed E-state index contributed by atoms with van der Waals surface area (Å²) >= 11 is 10.2. The quantitative estimate of drug-likeness (QED) is 0.727. The number of nitrogens with one attached hydrogen (secondary N) is 1. The second-order valence-electron chi connectivity index (χ2n) is 5.33. The fourth-order valence-electron chi connectivity index (χ4n) is 2.43. The van der Waals surface area contributed by atoms with Crippen LogP contribution in [-0.2, 0) is 25.8 Å². The van der Waals surface area contributed by atoms with E-state index in [0.717, 1.165) is 22.3 Å². The number of nitrogens with zero attached hydrogens (tertiary/aromatic N) is 2. The maximum Gasteiger partial charge on any atom is 0.271 e. The Labute approximate surface area is 162 Å². The molecule has 26 heavy (non-hydrogen) atoms. The predicted molar refractivity (Wildman–Crippen MR) is 105 cm³/mol. The predicted octanol–water partition coefficient (Wildman–Crippen LogP) is 2.55. The van der Waals surface area contributed by atoms with Crippen molar-refractivity contribution in [2.75, 3.05) is 11.4 Å². The maximum atomic E-state index is 13.0. The first-order chi connectivity index (χ1) is 12.2. The highest BCUT2D eigenvalue weighted by atomic mass is 35.5. The van der Waals surface area contributed by atoms with E-state index in [-0.39, 0.29) is 20.5 Å². The molecule has 0 aliphatic carbocycles. The largest absolute Gasteiger partial charge is 0.271 e. The van der Waals surface area contributed by atoms with Crippen LogP contribution in [0, 0.1) is 0 Å². The number of halogens is 1. The number of rotatable bonds is 4. The highest BCUT2D eigenvalue weighted by Crippen LogP contribution is 2.38. The lowest BCUT2D eigenvalue weighted by Gasteiger charge is -2.25. The molecule has 0 unspecified atom stereocenters. The van der Waals surface area contributed by atoms with E-state index in [4.69, 9.17) is 11.6 Å². The zero-order chi connectivity index (χ0) is 19.1. The van der Waals surface area contributed by atoms with Crippen molar-refractivity contribution in [3.63, 3.8) is 0 Å². The van der Waals surface area contributed by atoms with Crippen LogP contribution in [0.1, 0.15) is 5.56 Å². The summed E-state index contributed by atoms with van der Waals surface area (Å²) < 4.78 is 53.4. The number of aliphatic imine (C=N–C) groups is 1. The molecule has 3 rings (SSSR count). The molecule has 0 aromatic heterocycles. The van der Waals surface area contributed by atoms with Gasteiger partial charge in [0, 0.05) is 5.75 Å². The van der Waals surface area contributed by atoms with E-state index < -0.39 is 20.0 Å². The fraction of sp³-hybridized carbons (Fsp3) is 0.133. The van der Waals surface area contributed by atoms with Gasteiger partial charge in [-0.15, -0.1) is 0 Å². The summed E-state index contributed by atoms with van der Waals surface area (Å²) in [4.78, 5) is 3.54. The fourth-order valence-corrected chi connectivity index (χ4v) is 5.39.